The standard InChI is InChI=1S/4C24H38N2O4/c4*1-14(2)9-17-13-26-8-7-16-10-21(28-5)22(29-6)11-18(16)19(26)12-20(17)30-24(27)23(25)15(3)4/h4*10-11,14-15,17,19-20,23H,7-9,12-13,25H2,1-6H3/t4*17?,19?,20?,23-/m0000/s1/i3D3,4D3,5D3,6D3,10D,11D,12D2,13D2,15D,17D,20D,23D;2*3D3,4D3,6D3,10D,11D,12D2,13D2,15D,17D,20D,23D;3D3,4D3,5D3,10D,11D,12D2,13D2,15D,17D,20D,23D. The highest BCUT2D eigenvalue weighted by Crippen LogP contribution is 2.50. The Kier molecular flexibility index (Phi) is 12.9. The van der Waals surface area contributed by atoms with Crippen molar-refractivity contribution in [1.82, 2.24) is 19.6 Å². The van der Waals surface area contributed by atoms with Gasteiger partial charge in [-0.05, 0) is 191 Å². The summed E-state index contributed by atoms with van der Waals surface area (Å²) in [5, 5.41) is 0. The molecule has 0 aromatic heterocycles. The molecular weight excluding hydrogens is 1520 g/mol. The smallest absolute Gasteiger partial charge is 0.323 e. The molecule has 8 heterocycles. The van der Waals surface area contributed by atoms with Gasteiger partial charge in [-0.1, -0.05) is 110 Å². The van der Waals surface area contributed by atoms with Gasteiger partial charge in [-0.25, -0.2) is 0 Å². The molecule has 0 radical (unpaired) electrons. The van der Waals surface area contributed by atoms with Crippen molar-refractivity contribution in [3.8, 4) is 46.0 Å². The molecule has 4 aromatic carbocycles. The number of fused-ring (bicyclic) bond motifs is 12. The monoisotopic (exact) mass is 1750 g/mol. The fraction of sp³-hybridized carbons (Fsp3) is 0.708. The number of nitrogens with zero attached hydrogens (tertiary/aromatic N) is 4. The van der Waals surface area contributed by atoms with E-state index in [1.165, 1.54) is 55.4 Å². The van der Waals surface area contributed by atoms with Gasteiger partial charge in [0, 0.05) is 191 Å². The van der Waals surface area contributed by atoms with Crippen LogP contribution in [-0.4, -0.2) is 201 Å². The summed E-state index contributed by atoms with van der Waals surface area (Å²) in [6.07, 6.45) is -34.2. The first-order valence-corrected chi connectivity index (χ1v) is 37.1. The van der Waals surface area contributed by atoms with Crippen LogP contribution >= 0.6 is 0 Å². The topological polar surface area (TPSA) is 296 Å². The molecular formula is C96H152N8O16. The third-order valence-electron chi connectivity index (χ3n) is 18.5. The van der Waals surface area contributed by atoms with Gasteiger partial charge in [0.25, 0.3) is 0 Å². The quantitative estimate of drug-likeness (QED) is 0.0303. The third kappa shape index (κ3) is 23.8. The zero-order chi connectivity index (χ0) is 157. The van der Waals surface area contributed by atoms with Crippen molar-refractivity contribution in [3.63, 3.8) is 0 Å². The summed E-state index contributed by atoms with van der Waals surface area (Å²) in [6, 6.07) is -32.0. The summed E-state index contributed by atoms with van der Waals surface area (Å²) in [5.74, 6) is -48.6. The number of hydrogen-bond acceptors (Lipinski definition) is 24. The molecule has 0 amide bonds. The predicted molar refractivity (Wildman–Crippen MR) is 471 cm³/mol. The lowest BCUT2D eigenvalue weighted by atomic mass is 9.79. The molecule has 4 aromatic rings. The number of ether oxygens (including phenoxy) is 12. The van der Waals surface area contributed by atoms with Crippen LogP contribution in [0, 0.1) is 70.8 Å². The fourth-order valence-electron chi connectivity index (χ4n) is 13.0. The zero-order valence-electron chi connectivity index (χ0n) is 146. The SMILES string of the molecule is [2H]c1c2c(c([2H])c(OC([2H])([2H])[2H])c1OC([2H])([2H])[2H])C1N(CC2)C([2H])([2H])C([2H])(CC(C)C)C([2H])(OC(=O)[C@@]([2H])(N)C([2H])(C([2H])([2H])[2H])C([2H])([2H])[2H])C1([2H])[2H].[2H]c1c2c(c([2H])c(OC([2H])([2H])[2H])c1OC)C1N(CC2)C([2H])([2H])C([2H])(CC(C)C)C([2H])(OC(=O)[C@@]([2H])(N)C([2H])(C([2H])([2H])[2H])C([2H])([2H])[2H])C1([2H])[2H].[2H]c1c2c(c([2H])c(OC([2H])([2H])[2H])c1OC)C1N(CC2)C([2H])([2H])C([2H])(CC(C)C)C([2H])(OC(=O)[C@@]([2H])(N)C([2H])(C([2H])([2H])[2H])C([2H])([2H])[2H])C1([2H])[2H].[2H]c1c2c(c([2H])c(OC)c1OC([2H])([2H])[2H])C1N(CC2)C([2H])([2H])C([2H])(CC(C)C)C([2H])(OC(=O)[C@@]([2H])(N)C([2H])(C([2H])([2H])[2H])C([2H])([2H])[2H])C1([2H])[2H]. The van der Waals surface area contributed by atoms with Crippen LogP contribution in [0.1, 0.15) is 338 Å². The lowest BCUT2D eigenvalue weighted by Crippen LogP contribution is -2.51. The van der Waals surface area contributed by atoms with Gasteiger partial charge in [0.1, 0.15) is 48.4 Å². The highest BCUT2D eigenvalue weighted by Gasteiger charge is 2.47. The van der Waals surface area contributed by atoms with Gasteiger partial charge in [0.05, 0.1) is 99.0 Å². The summed E-state index contributed by atoms with van der Waals surface area (Å²) in [6.45, 7) is -35.1. The molecule has 120 heavy (non-hydrogen) atoms. The van der Waals surface area contributed by atoms with Crippen molar-refractivity contribution in [2.45, 2.75) is 260 Å². The Morgan fingerprint density at radius 1 is 0.358 bits per heavy atom. The minimum absolute atomic E-state index is 0.153. The van der Waals surface area contributed by atoms with E-state index in [9.17, 15) is 52.1 Å². The van der Waals surface area contributed by atoms with Crippen molar-refractivity contribution in [2.75, 3.05) is 109 Å². The van der Waals surface area contributed by atoms with E-state index in [1.54, 1.807) is 0 Å². The molecule has 0 aliphatic carbocycles. The maximum atomic E-state index is 13.8. The fourth-order valence-corrected chi connectivity index (χ4v) is 13.0. The van der Waals surface area contributed by atoms with Gasteiger partial charge in [0.15, 0.2) is 46.0 Å². The molecule has 8 aliphatic heterocycles. The minimum Gasteiger partial charge on any atom is -0.493 e. The average Bonchev–Trinajstić information content (AvgIpc) is 0.669. The second-order valence-corrected chi connectivity index (χ2v) is 29.1. The van der Waals surface area contributed by atoms with Crippen molar-refractivity contribution in [3.05, 3.63) is 92.8 Å². The highest BCUT2D eigenvalue weighted by molar-refractivity contribution is 5.77. The van der Waals surface area contributed by atoms with E-state index in [-0.39, 0.29) is 36.0 Å². The molecule has 12 rings (SSSR count). The lowest BCUT2D eigenvalue weighted by molar-refractivity contribution is -0.161. The minimum atomic E-state index is -4.21. The molecule has 0 saturated carbocycles. The van der Waals surface area contributed by atoms with Crippen LogP contribution in [0.3, 0.4) is 0 Å². The van der Waals surface area contributed by atoms with Gasteiger partial charge < -0.3 is 79.8 Å². The van der Waals surface area contributed by atoms with E-state index in [4.69, 9.17) is 155 Å². The number of methoxy groups -OCH3 is 8. The van der Waals surface area contributed by atoms with E-state index in [1.807, 2.05) is 0 Å². The molecule has 672 valence electrons. The molecule has 4 saturated heterocycles. The maximum Gasteiger partial charge on any atom is 0.323 e. The van der Waals surface area contributed by atoms with Gasteiger partial charge in [0.2, 0.25) is 0 Å². The Morgan fingerprint density at radius 2 is 0.550 bits per heavy atom. The Bertz CT molecular complexity index is 7480. The number of hydrogen-bond donors (Lipinski definition) is 4. The van der Waals surface area contributed by atoms with Crippen LogP contribution in [0.4, 0.5) is 0 Å². The van der Waals surface area contributed by atoms with Crippen LogP contribution in [0.15, 0.2) is 48.3 Å². The first kappa shape index (κ1) is 35.3. The molecule has 8 N–H and O–H groups in total. The number of piperidine rings is 4. The van der Waals surface area contributed by atoms with Crippen molar-refractivity contribution in [2.24, 2.45) is 93.8 Å². The van der Waals surface area contributed by atoms with Crippen LogP contribution < -0.4 is 60.8 Å². The Labute approximate surface area is 829 Å². The van der Waals surface area contributed by atoms with Gasteiger partial charge in [-0.15, -0.1) is 0 Å². The molecule has 4 fully saturated rings. The van der Waals surface area contributed by atoms with E-state index in [0.29, 0.717) is 4.90 Å². The predicted octanol–water partition coefficient (Wildman–Crippen LogP) is 14.3. The van der Waals surface area contributed by atoms with E-state index in [0.717, 1.165) is 36.0 Å². The van der Waals surface area contributed by atoms with Crippen LogP contribution in [0.5, 0.6) is 46.0 Å². The first-order chi connectivity index (χ1) is 87.7. The molecule has 12 unspecified atom stereocenters. The summed E-state index contributed by atoms with van der Waals surface area (Å²) in [7, 11) is -13.3. The van der Waals surface area contributed by atoms with E-state index in [2.05, 4.69) is 0 Å². The molecule has 24 nitrogen and oxygen atoms in total. The molecule has 8 aliphatic rings. The number of carbonyl (C=O) groups excluding carboxylic acids is 4. The van der Waals surface area contributed by atoms with E-state index >= 15 is 0 Å². The largest absolute Gasteiger partial charge is 0.493 e. The Morgan fingerprint density at radius 3 is 0.733 bits per heavy atom. The highest BCUT2D eigenvalue weighted by atomic mass is 16.6. The molecule has 0 bridgehead atoms. The van der Waals surface area contributed by atoms with Crippen molar-refractivity contribution < 1.29 is 184 Å². The van der Waals surface area contributed by atoms with Gasteiger partial charge in [-0.3, -0.25) is 38.8 Å². The number of rotatable bonds is 28. The Balaban J connectivity index is 0.000000287. The molecule has 24 heteroatoms. The summed E-state index contributed by atoms with van der Waals surface area (Å²) in [4.78, 5) is 58.0. The zero-order valence-corrected chi connectivity index (χ0v) is 67.2. The number of nitrogens with two attached hydrogens (primary N) is 4. The van der Waals surface area contributed by atoms with Crippen LogP contribution in [-0.2, 0) is 63.8 Å². The van der Waals surface area contributed by atoms with E-state index < -0.39 is 489 Å². The molecule has 0 spiro atoms. The second-order valence-electron chi connectivity index (χ2n) is 29.1. The third-order valence-corrected chi connectivity index (χ3v) is 18.5. The van der Waals surface area contributed by atoms with Gasteiger partial charge in [-0.2, -0.15) is 0 Å². The lowest BCUT2D eigenvalue weighted by Gasteiger charge is -2.47. The maximum absolute atomic E-state index is 13.8. The average molecular weight is 1750 g/mol. The number of benzene rings is 4. The van der Waals surface area contributed by atoms with Gasteiger partial charge >= 0.3 is 23.9 Å². The number of carbonyl (C=O) groups is 4. The Hall–Kier alpha value is -7.16. The summed E-state index contributed by atoms with van der Waals surface area (Å²) >= 11 is 0. The van der Waals surface area contributed by atoms with Crippen LogP contribution in [0.25, 0.3) is 0 Å². The number of esters is 4. The van der Waals surface area contributed by atoms with Crippen LogP contribution in [0.2, 0.25) is 0 Å². The molecule has 16 atom stereocenters. The normalized spacial score (nSPS) is 45.6. The van der Waals surface area contributed by atoms with Crippen molar-refractivity contribution >= 4 is 23.9 Å². The second kappa shape index (κ2) is 43.9. The van der Waals surface area contributed by atoms with Crippen molar-refractivity contribution in [1.29, 1.82) is 0 Å². The first-order valence-electron chi connectivity index (χ1n) is 76.6. The summed E-state index contributed by atoms with van der Waals surface area (Å²) in [5.41, 5.74) is 19.3. The summed E-state index contributed by atoms with van der Waals surface area (Å²) < 4.78 is 718.